The van der Waals surface area contributed by atoms with Gasteiger partial charge in [-0.25, -0.2) is 4.99 Å². The maximum absolute atomic E-state index is 5.13. The van der Waals surface area contributed by atoms with E-state index in [9.17, 15) is 0 Å². The second kappa shape index (κ2) is 12.7. The molecule has 0 amide bonds. The van der Waals surface area contributed by atoms with E-state index in [1.54, 1.807) is 0 Å². The summed E-state index contributed by atoms with van der Waals surface area (Å²) >= 11 is 1.87. The minimum atomic E-state index is -0.0437. The summed E-state index contributed by atoms with van der Waals surface area (Å²) in [4.78, 5) is 10.1. The lowest BCUT2D eigenvalue weighted by atomic mass is 10.0. The van der Waals surface area contributed by atoms with Gasteiger partial charge in [-0.05, 0) is 83.8 Å². The van der Waals surface area contributed by atoms with Gasteiger partial charge in [0.15, 0.2) is 5.84 Å². The van der Waals surface area contributed by atoms with Crippen LogP contribution in [0, 0.1) is 0 Å². The van der Waals surface area contributed by atoms with E-state index in [1.807, 2.05) is 41.8 Å². The summed E-state index contributed by atoms with van der Waals surface area (Å²) in [6, 6.07) is 60.3. The molecule has 0 fully saturated rings. The van der Waals surface area contributed by atoms with Crippen LogP contribution in [0.25, 0.3) is 58.8 Å². The lowest BCUT2D eigenvalue weighted by Gasteiger charge is -2.12. The number of nitrogens with zero attached hydrogens (tertiary/aromatic N) is 3. The molecule has 2 aromatic heterocycles. The summed E-state index contributed by atoms with van der Waals surface area (Å²) < 4.78 is 5.03. The third-order valence-corrected chi connectivity index (χ3v) is 10.6. The number of fused-ring (bicyclic) bond motifs is 6. The van der Waals surface area contributed by atoms with Crippen LogP contribution in [-0.2, 0) is 0 Å². The summed E-state index contributed by atoms with van der Waals surface area (Å²) in [7, 11) is 0. The second-order valence-electron chi connectivity index (χ2n) is 12.7. The lowest BCUT2D eigenvalue weighted by Crippen LogP contribution is -2.03. The molecule has 0 aliphatic rings. The molecule has 0 radical (unpaired) electrons. The van der Waals surface area contributed by atoms with Crippen molar-refractivity contribution in [1.29, 1.82) is 0 Å². The normalized spacial score (nSPS) is 12.9. The van der Waals surface area contributed by atoms with Gasteiger partial charge in [0, 0.05) is 48.4 Å². The molecular formula is C46H33N3S. The van der Waals surface area contributed by atoms with Crippen LogP contribution < -0.4 is 0 Å². The number of hydrogen-bond donors (Lipinski definition) is 0. The molecule has 7 aromatic carbocycles. The van der Waals surface area contributed by atoms with Crippen molar-refractivity contribution >= 4 is 65.4 Å². The van der Waals surface area contributed by atoms with E-state index < -0.39 is 0 Å². The number of aromatic nitrogens is 1. The predicted octanol–water partition coefficient (Wildman–Crippen LogP) is 12.4. The molecule has 1 atom stereocenters. The molecule has 0 saturated heterocycles. The first-order chi connectivity index (χ1) is 24.7. The van der Waals surface area contributed by atoms with Crippen LogP contribution in [0.4, 0.5) is 0 Å². The van der Waals surface area contributed by atoms with Crippen molar-refractivity contribution < 1.29 is 0 Å². The van der Waals surface area contributed by atoms with Crippen LogP contribution >= 0.6 is 11.3 Å². The topological polar surface area (TPSA) is 29.6 Å². The number of amidine groups is 1. The Hall–Kier alpha value is -6.10. The summed E-state index contributed by atoms with van der Waals surface area (Å²) in [5.74, 6) is 0.706. The van der Waals surface area contributed by atoms with Crippen molar-refractivity contribution in [2.45, 2.75) is 13.0 Å². The molecule has 9 aromatic rings. The zero-order chi connectivity index (χ0) is 33.4. The monoisotopic (exact) mass is 659 g/mol. The van der Waals surface area contributed by atoms with Crippen LogP contribution in [0.15, 0.2) is 180 Å². The minimum absolute atomic E-state index is 0.0437. The highest BCUT2D eigenvalue weighted by Gasteiger charge is 2.17. The van der Waals surface area contributed by atoms with Gasteiger partial charge in [0.1, 0.15) is 0 Å². The number of hydrogen-bond acceptors (Lipinski definition) is 2. The Labute approximate surface area is 295 Å². The maximum Gasteiger partial charge on any atom is 0.155 e. The standard InChI is InChI=1S/C46H33N3S/c1-31(33-15-7-3-8-16-33)48-46(47-30-32-13-5-2-6-14-32)35-21-24-37(25-22-35)49-42-26-23-36(34-17-9-4-10-18-34)27-39(42)40-29-45-41(28-43(40)49)38-19-11-12-20-44(38)50-45/h2-31H,1H3/t31-/m0/s1. The Morgan fingerprint density at radius 3 is 2.02 bits per heavy atom. The Morgan fingerprint density at radius 1 is 0.560 bits per heavy atom. The van der Waals surface area contributed by atoms with E-state index in [0.717, 1.165) is 22.4 Å². The summed E-state index contributed by atoms with van der Waals surface area (Å²) in [6.45, 7) is 2.12. The van der Waals surface area contributed by atoms with Crippen molar-refractivity contribution in [3.05, 3.63) is 187 Å². The smallest absolute Gasteiger partial charge is 0.155 e. The maximum atomic E-state index is 5.13. The largest absolute Gasteiger partial charge is 0.309 e. The number of benzene rings is 7. The molecule has 0 aliphatic carbocycles. The van der Waals surface area contributed by atoms with Gasteiger partial charge >= 0.3 is 0 Å². The van der Waals surface area contributed by atoms with Crippen LogP contribution in [-0.4, -0.2) is 16.6 Å². The zero-order valence-electron chi connectivity index (χ0n) is 27.6. The molecule has 0 spiro atoms. The first kappa shape index (κ1) is 30.0. The summed E-state index contributed by atoms with van der Waals surface area (Å²) in [6.07, 6.45) is 1.90. The molecule has 0 saturated carbocycles. The van der Waals surface area contributed by atoms with Gasteiger partial charge in [0.2, 0.25) is 0 Å². The molecule has 238 valence electrons. The predicted molar refractivity (Wildman–Crippen MR) is 215 cm³/mol. The SMILES string of the molecule is C[C@H](N=C(N=Cc1ccccc1)c1ccc(-n2c3ccc(-c4ccccc4)cc3c3cc4sc5ccccc5c4cc32)cc1)c1ccccc1. The van der Waals surface area contributed by atoms with Crippen LogP contribution in [0.2, 0.25) is 0 Å². The van der Waals surface area contributed by atoms with Crippen molar-refractivity contribution in [3.63, 3.8) is 0 Å². The van der Waals surface area contributed by atoms with Crippen LogP contribution in [0.5, 0.6) is 0 Å². The molecule has 0 N–H and O–H groups in total. The van der Waals surface area contributed by atoms with Crippen molar-refractivity contribution in [3.8, 4) is 16.8 Å². The molecule has 4 heteroatoms. The molecule has 0 aliphatic heterocycles. The van der Waals surface area contributed by atoms with Crippen LogP contribution in [0.1, 0.15) is 29.7 Å². The molecule has 2 heterocycles. The first-order valence-corrected chi connectivity index (χ1v) is 17.8. The van der Waals surface area contributed by atoms with Crippen molar-refractivity contribution in [2.24, 2.45) is 9.98 Å². The number of rotatable bonds is 6. The van der Waals surface area contributed by atoms with Gasteiger partial charge in [-0.1, -0.05) is 115 Å². The molecule has 0 unspecified atom stereocenters. The van der Waals surface area contributed by atoms with Crippen molar-refractivity contribution in [2.75, 3.05) is 0 Å². The van der Waals surface area contributed by atoms with E-state index in [-0.39, 0.29) is 6.04 Å². The Balaban J connectivity index is 1.20. The lowest BCUT2D eigenvalue weighted by molar-refractivity contribution is 0.819. The highest BCUT2D eigenvalue weighted by molar-refractivity contribution is 7.25. The molecule has 0 bridgehead atoms. The van der Waals surface area contributed by atoms with Gasteiger partial charge in [-0.3, -0.25) is 4.99 Å². The van der Waals surface area contributed by atoms with E-state index in [1.165, 1.54) is 53.1 Å². The molecule has 50 heavy (non-hydrogen) atoms. The fraction of sp³-hybridized carbons (Fsp3) is 0.0435. The molecular weight excluding hydrogens is 627 g/mol. The van der Waals surface area contributed by atoms with Gasteiger partial charge < -0.3 is 4.57 Å². The zero-order valence-corrected chi connectivity index (χ0v) is 28.4. The summed E-state index contributed by atoms with van der Waals surface area (Å²) in [5.41, 5.74) is 9.08. The Kier molecular flexibility index (Phi) is 7.64. The Morgan fingerprint density at radius 2 is 1.24 bits per heavy atom. The average molecular weight is 660 g/mol. The second-order valence-corrected chi connectivity index (χ2v) is 13.7. The van der Waals surface area contributed by atoms with Gasteiger partial charge in [-0.2, -0.15) is 0 Å². The highest BCUT2D eigenvalue weighted by atomic mass is 32.1. The number of thiophene rings is 1. The third kappa shape index (κ3) is 5.50. The Bertz CT molecular complexity index is 2690. The highest BCUT2D eigenvalue weighted by Crippen LogP contribution is 2.41. The molecule has 9 rings (SSSR count). The number of aliphatic imine (C=N–C) groups is 2. The van der Waals surface area contributed by atoms with E-state index >= 15 is 0 Å². The first-order valence-electron chi connectivity index (χ1n) is 17.0. The van der Waals surface area contributed by atoms with Gasteiger partial charge in [0.25, 0.3) is 0 Å². The van der Waals surface area contributed by atoms with E-state index in [4.69, 9.17) is 9.98 Å². The van der Waals surface area contributed by atoms with Gasteiger partial charge in [-0.15, -0.1) is 11.3 Å². The van der Waals surface area contributed by atoms with Crippen LogP contribution in [0.3, 0.4) is 0 Å². The summed E-state index contributed by atoms with van der Waals surface area (Å²) in [5, 5.41) is 5.10. The molecule has 3 nitrogen and oxygen atoms in total. The average Bonchev–Trinajstić information content (AvgIpc) is 3.71. The fourth-order valence-corrected chi connectivity index (χ4v) is 8.06. The quantitative estimate of drug-likeness (QED) is 0.126. The minimum Gasteiger partial charge on any atom is -0.309 e. The third-order valence-electron chi connectivity index (χ3n) is 9.49. The fourth-order valence-electron chi connectivity index (χ4n) is 6.93. The van der Waals surface area contributed by atoms with Crippen molar-refractivity contribution in [1.82, 2.24) is 4.57 Å². The van der Waals surface area contributed by atoms with Gasteiger partial charge in [0.05, 0.1) is 17.1 Å². The van der Waals surface area contributed by atoms with E-state index in [2.05, 4.69) is 157 Å². The van der Waals surface area contributed by atoms with E-state index in [0.29, 0.717) is 5.84 Å².